The summed E-state index contributed by atoms with van der Waals surface area (Å²) in [5.74, 6) is 0.538. The number of ether oxygens (including phenoxy) is 1. The predicted octanol–water partition coefficient (Wildman–Crippen LogP) is 1.87. The molecule has 5 heteroatoms. The maximum atomic E-state index is 8.49. The molecule has 0 aliphatic rings. The van der Waals surface area contributed by atoms with E-state index < -0.39 is 0 Å². The normalized spacial score (nSPS) is 9.92. The Balaban J connectivity index is 2.75. The van der Waals surface area contributed by atoms with Gasteiger partial charge in [0, 0.05) is 12.3 Å². The molecule has 0 bridgehead atoms. The molecule has 1 N–H and O–H groups in total. The van der Waals surface area contributed by atoms with E-state index in [4.69, 9.17) is 21.4 Å². The van der Waals surface area contributed by atoms with Crippen molar-refractivity contribution in [3.63, 3.8) is 0 Å². The van der Waals surface area contributed by atoms with Crippen LogP contribution in [0.1, 0.15) is 0 Å². The Morgan fingerprint density at radius 1 is 1.67 bits per heavy atom. The zero-order chi connectivity index (χ0) is 8.97. The molecule has 0 unspecified atom stereocenters. The molecule has 66 valence electrons. The van der Waals surface area contributed by atoms with E-state index in [0.29, 0.717) is 15.4 Å². The fourth-order valence-electron chi connectivity index (χ4n) is 0.661. The molecule has 0 radical (unpaired) electrons. The van der Waals surface area contributed by atoms with Gasteiger partial charge in [0.2, 0.25) is 0 Å². The number of rotatable bonds is 3. The van der Waals surface area contributed by atoms with Gasteiger partial charge < -0.3 is 9.84 Å². The van der Waals surface area contributed by atoms with E-state index in [0.717, 1.165) is 0 Å². The van der Waals surface area contributed by atoms with Crippen molar-refractivity contribution < 1.29 is 9.84 Å². The van der Waals surface area contributed by atoms with E-state index >= 15 is 0 Å². The lowest BCUT2D eigenvalue weighted by atomic mass is 10.4. The van der Waals surface area contributed by atoms with Crippen LogP contribution in [0.2, 0.25) is 5.02 Å². The molecule has 3 nitrogen and oxygen atoms in total. The Hall–Kier alpha value is -0.320. The standard InChI is InChI=1S/C7H7BrClNO2/c8-7-6(12-2-1-11)3-5(9)4-10-7/h3-4,11H,1-2H2. The fourth-order valence-corrected chi connectivity index (χ4v) is 1.14. The van der Waals surface area contributed by atoms with Crippen LogP contribution in [-0.4, -0.2) is 23.3 Å². The van der Waals surface area contributed by atoms with Gasteiger partial charge in [0.25, 0.3) is 0 Å². The summed E-state index contributed by atoms with van der Waals surface area (Å²) in [6.45, 7) is 0.208. The zero-order valence-corrected chi connectivity index (χ0v) is 8.47. The third kappa shape index (κ3) is 2.62. The number of halogens is 2. The molecule has 1 aromatic heterocycles. The number of nitrogens with zero attached hydrogens (tertiary/aromatic N) is 1. The fraction of sp³-hybridized carbons (Fsp3) is 0.286. The minimum Gasteiger partial charge on any atom is -0.488 e. The lowest BCUT2D eigenvalue weighted by molar-refractivity contribution is 0.200. The first-order valence-electron chi connectivity index (χ1n) is 3.28. The average molecular weight is 252 g/mol. The van der Waals surface area contributed by atoms with E-state index in [1.165, 1.54) is 6.20 Å². The second-order valence-electron chi connectivity index (χ2n) is 2.01. The van der Waals surface area contributed by atoms with Crippen LogP contribution in [0.25, 0.3) is 0 Å². The number of hydrogen-bond acceptors (Lipinski definition) is 3. The molecule has 0 saturated heterocycles. The monoisotopic (exact) mass is 251 g/mol. The van der Waals surface area contributed by atoms with Crippen molar-refractivity contribution in [1.29, 1.82) is 0 Å². The molecule has 0 aliphatic heterocycles. The van der Waals surface area contributed by atoms with Crippen LogP contribution in [0.15, 0.2) is 16.9 Å². The molecule has 0 aliphatic carbocycles. The number of aliphatic hydroxyl groups excluding tert-OH is 1. The molecule has 0 spiro atoms. The quantitative estimate of drug-likeness (QED) is 0.835. The van der Waals surface area contributed by atoms with Gasteiger partial charge in [-0.05, 0) is 15.9 Å². The maximum Gasteiger partial charge on any atom is 0.153 e. The molecule has 0 atom stereocenters. The maximum absolute atomic E-state index is 8.49. The minimum atomic E-state index is -0.0288. The summed E-state index contributed by atoms with van der Waals surface area (Å²) in [5, 5.41) is 9.00. The Bertz CT molecular complexity index is 270. The highest BCUT2D eigenvalue weighted by molar-refractivity contribution is 9.10. The van der Waals surface area contributed by atoms with Gasteiger partial charge in [-0.3, -0.25) is 0 Å². The van der Waals surface area contributed by atoms with Crippen LogP contribution < -0.4 is 4.74 Å². The van der Waals surface area contributed by atoms with Gasteiger partial charge in [0.15, 0.2) is 5.75 Å². The van der Waals surface area contributed by atoms with Gasteiger partial charge >= 0.3 is 0 Å². The van der Waals surface area contributed by atoms with E-state index in [-0.39, 0.29) is 13.2 Å². The van der Waals surface area contributed by atoms with Crippen molar-refractivity contribution in [2.45, 2.75) is 0 Å². The molecule has 1 aromatic rings. The first kappa shape index (κ1) is 9.77. The molecule has 0 amide bonds. The van der Waals surface area contributed by atoms with Crippen LogP contribution in [0.5, 0.6) is 5.75 Å². The highest BCUT2D eigenvalue weighted by Crippen LogP contribution is 2.25. The smallest absolute Gasteiger partial charge is 0.153 e. The molecule has 1 rings (SSSR count). The summed E-state index contributed by atoms with van der Waals surface area (Å²) >= 11 is 8.85. The van der Waals surface area contributed by atoms with Crippen LogP contribution in [0.3, 0.4) is 0 Å². The largest absolute Gasteiger partial charge is 0.488 e. The molecular formula is C7H7BrClNO2. The minimum absolute atomic E-state index is 0.0288. The number of aromatic nitrogens is 1. The van der Waals surface area contributed by atoms with Crippen molar-refractivity contribution in [1.82, 2.24) is 4.98 Å². The van der Waals surface area contributed by atoms with Crippen molar-refractivity contribution in [3.8, 4) is 5.75 Å². The molecule has 0 saturated carbocycles. The molecule has 12 heavy (non-hydrogen) atoms. The van der Waals surface area contributed by atoms with Crippen molar-refractivity contribution >= 4 is 27.5 Å². The van der Waals surface area contributed by atoms with E-state index in [9.17, 15) is 0 Å². The van der Waals surface area contributed by atoms with Crippen molar-refractivity contribution in [2.75, 3.05) is 13.2 Å². The molecular weight excluding hydrogens is 245 g/mol. The summed E-state index contributed by atoms with van der Waals surface area (Å²) < 4.78 is 5.71. The topological polar surface area (TPSA) is 42.4 Å². The number of pyridine rings is 1. The highest BCUT2D eigenvalue weighted by atomic mass is 79.9. The second-order valence-corrected chi connectivity index (χ2v) is 3.20. The first-order valence-corrected chi connectivity index (χ1v) is 4.46. The van der Waals surface area contributed by atoms with E-state index in [1.807, 2.05) is 0 Å². The predicted molar refractivity (Wildman–Crippen MR) is 49.5 cm³/mol. The Morgan fingerprint density at radius 2 is 2.42 bits per heavy atom. The van der Waals surface area contributed by atoms with Gasteiger partial charge in [-0.2, -0.15) is 0 Å². The summed E-state index contributed by atoms with van der Waals surface area (Å²) in [5.41, 5.74) is 0. The van der Waals surface area contributed by atoms with Crippen LogP contribution in [0.4, 0.5) is 0 Å². The molecule has 1 heterocycles. The van der Waals surface area contributed by atoms with Gasteiger partial charge in [-0.15, -0.1) is 0 Å². The van der Waals surface area contributed by atoms with Crippen LogP contribution >= 0.6 is 27.5 Å². The van der Waals surface area contributed by atoms with Gasteiger partial charge in [0.05, 0.1) is 11.6 Å². The summed E-state index contributed by atoms with van der Waals surface area (Å²) in [6.07, 6.45) is 1.51. The van der Waals surface area contributed by atoms with Crippen molar-refractivity contribution in [3.05, 3.63) is 21.9 Å². The average Bonchev–Trinajstić information content (AvgIpc) is 2.07. The lowest BCUT2D eigenvalue weighted by Gasteiger charge is -2.05. The SMILES string of the molecule is OCCOc1cc(Cl)cnc1Br. The molecule has 0 aromatic carbocycles. The Labute approximate surface area is 83.5 Å². The second kappa shape index (κ2) is 4.64. The summed E-state index contributed by atoms with van der Waals surface area (Å²) in [7, 11) is 0. The summed E-state index contributed by atoms with van der Waals surface area (Å²) in [6, 6.07) is 1.63. The third-order valence-corrected chi connectivity index (χ3v) is 1.92. The number of hydrogen-bond donors (Lipinski definition) is 1. The summed E-state index contributed by atoms with van der Waals surface area (Å²) in [4.78, 5) is 3.91. The third-order valence-electron chi connectivity index (χ3n) is 1.12. The van der Waals surface area contributed by atoms with Crippen molar-refractivity contribution in [2.24, 2.45) is 0 Å². The van der Waals surface area contributed by atoms with E-state index in [1.54, 1.807) is 6.07 Å². The highest BCUT2D eigenvalue weighted by Gasteiger charge is 2.02. The Kier molecular flexibility index (Phi) is 3.78. The molecule has 0 fully saturated rings. The lowest BCUT2D eigenvalue weighted by Crippen LogP contribution is -2.02. The van der Waals surface area contributed by atoms with Gasteiger partial charge in [-0.25, -0.2) is 4.98 Å². The van der Waals surface area contributed by atoms with Gasteiger partial charge in [0.1, 0.15) is 11.2 Å². The van der Waals surface area contributed by atoms with E-state index in [2.05, 4.69) is 20.9 Å². The zero-order valence-electron chi connectivity index (χ0n) is 6.13. The van der Waals surface area contributed by atoms with Crippen LogP contribution in [0, 0.1) is 0 Å². The van der Waals surface area contributed by atoms with Gasteiger partial charge in [-0.1, -0.05) is 11.6 Å². The van der Waals surface area contributed by atoms with Crippen LogP contribution in [-0.2, 0) is 0 Å². The number of aliphatic hydroxyl groups is 1. The first-order chi connectivity index (χ1) is 5.74. The Morgan fingerprint density at radius 3 is 3.08 bits per heavy atom.